The first-order chi connectivity index (χ1) is 28.4. The fraction of sp³-hybridized carbons (Fsp3) is 0.902. The van der Waals surface area contributed by atoms with E-state index in [0.717, 1.165) is 79.8 Å². The van der Waals surface area contributed by atoms with Crippen molar-refractivity contribution in [1.82, 2.24) is 15.5 Å². The normalized spacial score (nSPS) is 28.3. The van der Waals surface area contributed by atoms with Crippen LogP contribution in [-0.4, -0.2) is 68.9 Å². The maximum atomic E-state index is 13.8. The Kier molecular flexibility index (Phi) is 19.3. The van der Waals surface area contributed by atoms with Crippen molar-refractivity contribution in [2.75, 3.05) is 18.8 Å². The summed E-state index contributed by atoms with van der Waals surface area (Å²) in [7, 11) is 3.93. The second-order valence-electron chi connectivity index (χ2n) is 23.3. The van der Waals surface area contributed by atoms with Gasteiger partial charge < -0.3 is 25.4 Å². The molecule has 3 N–H and O–H groups in total. The molecule has 3 amide bonds. The Hall–Kier alpha value is -1.55. The van der Waals surface area contributed by atoms with Gasteiger partial charge in [0.2, 0.25) is 5.91 Å². The van der Waals surface area contributed by atoms with Gasteiger partial charge in [-0.1, -0.05) is 113 Å². The average Bonchev–Trinajstić information content (AvgIpc) is 3.49. The molecular weight excluding hydrogens is 799 g/mol. The molecule has 0 aromatic heterocycles. The quantitative estimate of drug-likeness (QED) is 0.0533. The number of nitrogens with one attached hydrogen (secondary N) is 2. The molecule has 8 atom stereocenters. The number of fused-ring (bicyclic) bond motifs is 5. The first kappa shape index (κ1) is 52.1. The van der Waals surface area contributed by atoms with Gasteiger partial charge in [0.25, 0.3) is 0 Å². The SMILES string of the molecule is CC(C)CCCC(C)[C@H]1CC[C@H]2[C@@H]3CC=C4C[C@@H](SSCCC(=O)N(CCCCCCCC(C)(C)NC(=O)O)CCC(C)(C)NC(=O)OC(C)(C)C)CC[C@]4(C)[C@H]3CC[C@]12C. The molecule has 0 heterocycles. The smallest absolute Gasteiger partial charge is 0.408 e. The summed E-state index contributed by atoms with van der Waals surface area (Å²) in [5.74, 6) is 6.21. The van der Waals surface area contributed by atoms with Crippen molar-refractivity contribution in [2.24, 2.45) is 46.3 Å². The lowest BCUT2D eigenvalue weighted by molar-refractivity contribution is -0.131. The number of allylic oxidation sites excluding steroid dienone is 2. The molecule has 0 bridgehead atoms. The summed E-state index contributed by atoms with van der Waals surface area (Å²) in [4.78, 5) is 39.5. The van der Waals surface area contributed by atoms with Crippen molar-refractivity contribution in [3.63, 3.8) is 0 Å². The second-order valence-corrected chi connectivity index (χ2v) is 26.1. The molecule has 0 saturated heterocycles. The van der Waals surface area contributed by atoms with Crippen LogP contribution < -0.4 is 10.6 Å². The molecule has 0 aromatic rings. The summed E-state index contributed by atoms with van der Waals surface area (Å²) in [6, 6.07) is 0. The Morgan fingerprint density at radius 3 is 2.21 bits per heavy atom. The first-order valence-corrected chi connectivity index (χ1v) is 27.1. The molecule has 10 heteroatoms. The van der Waals surface area contributed by atoms with E-state index in [1.54, 1.807) is 5.57 Å². The van der Waals surface area contributed by atoms with E-state index >= 15 is 0 Å². The highest BCUT2D eigenvalue weighted by molar-refractivity contribution is 8.76. The number of ether oxygens (including phenoxy) is 1. The van der Waals surface area contributed by atoms with Crippen LogP contribution in [0.2, 0.25) is 0 Å². The molecule has 0 spiro atoms. The van der Waals surface area contributed by atoms with E-state index in [2.05, 4.69) is 51.3 Å². The topological polar surface area (TPSA) is 108 Å². The number of alkyl carbamates (subject to hydrolysis) is 1. The van der Waals surface area contributed by atoms with Crippen molar-refractivity contribution in [3.05, 3.63) is 11.6 Å². The van der Waals surface area contributed by atoms with E-state index < -0.39 is 28.9 Å². The summed E-state index contributed by atoms with van der Waals surface area (Å²) in [6.07, 6.45) is 23.3. The van der Waals surface area contributed by atoms with Crippen molar-refractivity contribution >= 4 is 39.7 Å². The van der Waals surface area contributed by atoms with Gasteiger partial charge in [-0.15, -0.1) is 0 Å². The van der Waals surface area contributed by atoms with Gasteiger partial charge >= 0.3 is 12.2 Å². The fourth-order valence-electron chi connectivity index (χ4n) is 12.3. The van der Waals surface area contributed by atoms with Gasteiger partial charge in [-0.25, -0.2) is 9.59 Å². The van der Waals surface area contributed by atoms with E-state index in [-0.39, 0.29) is 5.91 Å². The Labute approximate surface area is 381 Å². The summed E-state index contributed by atoms with van der Waals surface area (Å²) in [5.41, 5.74) is 1.13. The van der Waals surface area contributed by atoms with E-state index in [4.69, 9.17) is 9.84 Å². The third-order valence-corrected chi connectivity index (χ3v) is 18.6. The molecule has 0 aliphatic heterocycles. The molecular formula is C51H91N3O5S2. The molecule has 4 aliphatic rings. The van der Waals surface area contributed by atoms with Crippen LogP contribution in [0, 0.1) is 46.3 Å². The largest absolute Gasteiger partial charge is 0.465 e. The highest BCUT2D eigenvalue weighted by Gasteiger charge is 2.59. The summed E-state index contributed by atoms with van der Waals surface area (Å²) >= 11 is 0. The third kappa shape index (κ3) is 15.5. The molecule has 352 valence electrons. The monoisotopic (exact) mass is 890 g/mol. The van der Waals surface area contributed by atoms with E-state index in [0.29, 0.717) is 42.0 Å². The lowest BCUT2D eigenvalue weighted by Crippen LogP contribution is -2.50. The van der Waals surface area contributed by atoms with Crippen molar-refractivity contribution < 1.29 is 24.2 Å². The molecule has 1 unspecified atom stereocenters. The minimum Gasteiger partial charge on any atom is -0.465 e. The van der Waals surface area contributed by atoms with Crippen LogP contribution in [0.1, 0.15) is 205 Å². The minimum atomic E-state index is -0.978. The minimum absolute atomic E-state index is 0.198. The predicted octanol–water partition coefficient (Wildman–Crippen LogP) is 14.1. The van der Waals surface area contributed by atoms with Crippen LogP contribution >= 0.6 is 21.6 Å². The Balaban J connectivity index is 1.25. The number of nitrogens with zero attached hydrogens (tertiary/aromatic N) is 1. The van der Waals surface area contributed by atoms with Crippen LogP contribution in [0.25, 0.3) is 0 Å². The van der Waals surface area contributed by atoms with Crippen LogP contribution in [-0.2, 0) is 9.53 Å². The molecule has 8 nitrogen and oxygen atoms in total. The van der Waals surface area contributed by atoms with E-state index in [1.807, 2.05) is 75.0 Å². The lowest BCUT2D eigenvalue weighted by Gasteiger charge is -2.58. The van der Waals surface area contributed by atoms with Crippen LogP contribution in [0.4, 0.5) is 9.59 Å². The number of carboxylic acid groups (broad SMARTS) is 1. The number of hydrogen-bond acceptors (Lipinski definition) is 6. The maximum Gasteiger partial charge on any atom is 0.408 e. The first-order valence-electron chi connectivity index (χ1n) is 24.7. The third-order valence-electron chi connectivity index (χ3n) is 15.7. The zero-order valence-electron chi connectivity index (χ0n) is 41.0. The molecule has 0 radical (unpaired) electrons. The number of amides is 3. The molecule has 0 aromatic carbocycles. The van der Waals surface area contributed by atoms with Crippen molar-refractivity contribution in [3.8, 4) is 0 Å². The summed E-state index contributed by atoms with van der Waals surface area (Å²) in [5, 5.41) is 15.3. The van der Waals surface area contributed by atoms with Crippen molar-refractivity contribution in [1.29, 1.82) is 0 Å². The molecule has 3 saturated carbocycles. The van der Waals surface area contributed by atoms with Gasteiger partial charge in [0.05, 0.1) is 0 Å². The van der Waals surface area contributed by atoms with Gasteiger partial charge in [-0.2, -0.15) is 0 Å². The maximum absolute atomic E-state index is 13.8. The van der Waals surface area contributed by atoms with Gasteiger partial charge in [-0.3, -0.25) is 4.79 Å². The van der Waals surface area contributed by atoms with Crippen LogP contribution in [0.3, 0.4) is 0 Å². The Bertz CT molecular complexity index is 1460. The predicted molar refractivity (Wildman–Crippen MR) is 259 cm³/mol. The summed E-state index contributed by atoms with van der Waals surface area (Å²) in [6.45, 7) is 27.4. The summed E-state index contributed by atoms with van der Waals surface area (Å²) < 4.78 is 5.52. The molecule has 4 rings (SSSR count). The number of carbonyl (C=O) groups excluding carboxylic acids is 2. The van der Waals surface area contributed by atoms with Gasteiger partial charge in [0.1, 0.15) is 5.60 Å². The van der Waals surface area contributed by atoms with E-state index in [1.165, 1.54) is 70.6 Å². The number of carbonyl (C=O) groups is 3. The standard InChI is InChI=1S/C51H91N3O5S2/c1-36(2)19-18-20-37(3)41-23-24-42-40-22-21-38-35-39(25-29-50(38,11)43(40)26-30-51(41,42)12)61-60-34-27-44(55)54(33-31-49(9,10)53-46(58)59-47(4,5)6)32-17-15-13-14-16-28-48(7,8)52-45(56)57/h21,36-37,39-43,52H,13-20,22-35H2,1-12H3,(H,53,58)(H,56,57)/t37?,39-,40-,41+,42-,43-,50-,51+/m0/s1. The Morgan fingerprint density at radius 2 is 1.52 bits per heavy atom. The Morgan fingerprint density at radius 1 is 0.836 bits per heavy atom. The molecule has 61 heavy (non-hydrogen) atoms. The number of hydrogen-bond donors (Lipinski definition) is 3. The van der Waals surface area contributed by atoms with Crippen molar-refractivity contribution in [2.45, 2.75) is 227 Å². The highest BCUT2D eigenvalue weighted by atomic mass is 33.1. The fourth-order valence-corrected chi connectivity index (χ4v) is 15.0. The van der Waals surface area contributed by atoms with Gasteiger partial charge in [0.15, 0.2) is 0 Å². The molecule has 4 aliphatic carbocycles. The number of unbranched alkanes of at least 4 members (excludes halogenated alkanes) is 4. The highest BCUT2D eigenvalue weighted by Crippen LogP contribution is 2.67. The van der Waals surface area contributed by atoms with Gasteiger partial charge in [0, 0.05) is 41.6 Å². The zero-order valence-corrected chi connectivity index (χ0v) is 42.7. The van der Waals surface area contributed by atoms with Crippen LogP contribution in [0.15, 0.2) is 11.6 Å². The van der Waals surface area contributed by atoms with Crippen LogP contribution in [0.5, 0.6) is 0 Å². The molecule has 3 fully saturated rings. The lowest BCUT2D eigenvalue weighted by atomic mass is 9.47. The number of rotatable bonds is 23. The van der Waals surface area contributed by atoms with E-state index in [9.17, 15) is 14.4 Å². The average molecular weight is 890 g/mol. The van der Waals surface area contributed by atoms with Gasteiger partial charge in [-0.05, 0) is 165 Å². The second kappa shape index (κ2) is 22.6. The zero-order chi connectivity index (χ0) is 45.2.